The SMILES string of the molecule is FC(F)(F)C(Cl)(CCl)SCl. The van der Waals surface area contributed by atoms with Gasteiger partial charge in [-0.3, -0.25) is 0 Å². The third kappa shape index (κ3) is 2.26. The number of rotatable bonds is 2. The van der Waals surface area contributed by atoms with Crippen LogP contribution in [-0.4, -0.2) is 16.3 Å². The molecular formula is C3H2Cl3F3S. The van der Waals surface area contributed by atoms with Gasteiger partial charge in [-0.15, -0.1) is 11.6 Å². The van der Waals surface area contributed by atoms with Gasteiger partial charge >= 0.3 is 6.18 Å². The molecule has 7 heteroatoms. The lowest BCUT2D eigenvalue weighted by Crippen LogP contribution is -2.37. The summed E-state index contributed by atoms with van der Waals surface area (Å²) in [6.45, 7) is 0. The first kappa shape index (κ1) is 11.0. The smallest absolute Gasteiger partial charge is 0.168 e. The monoisotopic (exact) mass is 232 g/mol. The van der Waals surface area contributed by atoms with E-state index in [0.717, 1.165) is 0 Å². The molecule has 0 radical (unpaired) electrons. The molecule has 10 heavy (non-hydrogen) atoms. The van der Waals surface area contributed by atoms with Crippen molar-refractivity contribution in [3.8, 4) is 0 Å². The summed E-state index contributed by atoms with van der Waals surface area (Å²) in [5.74, 6) is -0.772. The Morgan fingerprint density at radius 3 is 1.70 bits per heavy atom. The number of halogens is 6. The van der Waals surface area contributed by atoms with Crippen LogP contribution in [0.4, 0.5) is 13.2 Å². The zero-order valence-electron chi connectivity index (χ0n) is 4.38. The first-order valence-corrected chi connectivity index (χ1v) is 4.54. The van der Waals surface area contributed by atoms with E-state index in [4.69, 9.17) is 33.9 Å². The molecule has 0 saturated carbocycles. The summed E-state index contributed by atoms with van der Waals surface area (Å²) >= 11 is 9.89. The first-order chi connectivity index (χ1) is 4.37. The summed E-state index contributed by atoms with van der Waals surface area (Å²) in [4.78, 5) is 0. The number of alkyl halides is 5. The zero-order chi connectivity index (χ0) is 8.41. The third-order valence-electron chi connectivity index (χ3n) is 0.717. The minimum absolute atomic E-state index is 0.0401. The van der Waals surface area contributed by atoms with Crippen LogP contribution in [0.3, 0.4) is 0 Å². The molecule has 62 valence electrons. The van der Waals surface area contributed by atoms with Crippen molar-refractivity contribution >= 4 is 44.9 Å². The predicted octanol–water partition coefficient (Wildman–Crippen LogP) is 3.61. The molecule has 0 saturated heterocycles. The summed E-state index contributed by atoms with van der Waals surface area (Å²) in [6, 6.07) is 0. The van der Waals surface area contributed by atoms with Crippen LogP contribution >= 0.6 is 44.9 Å². The highest BCUT2D eigenvalue weighted by Crippen LogP contribution is 2.47. The van der Waals surface area contributed by atoms with E-state index in [0.29, 0.717) is 0 Å². The van der Waals surface area contributed by atoms with Gasteiger partial charge in [-0.1, -0.05) is 11.6 Å². The maximum Gasteiger partial charge on any atom is 0.419 e. The fourth-order valence-electron chi connectivity index (χ4n) is 0.140. The van der Waals surface area contributed by atoms with Gasteiger partial charge in [-0.25, -0.2) is 0 Å². The van der Waals surface area contributed by atoms with Crippen LogP contribution in [0.25, 0.3) is 0 Å². The second-order valence-electron chi connectivity index (χ2n) is 1.44. The normalized spacial score (nSPS) is 18.6. The van der Waals surface area contributed by atoms with E-state index in [9.17, 15) is 13.2 Å². The van der Waals surface area contributed by atoms with Gasteiger partial charge in [-0.05, 0) is 21.7 Å². The number of hydrogen-bond acceptors (Lipinski definition) is 1. The maximum atomic E-state index is 11.8. The van der Waals surface area contributed by atoms with Crippen LogP contribution in [0.1, 0.15) is 0 Å². The molecule has 0 nitrogen and oxygen atoms in total. The quantitative estimate of drug-likeness (QED) is 0.657. The van der Waals surface area contributed by atoms with Gasteiger partial charge in [0, 0.05) is 0 Å². The molecule has 0 fully saturated rings. The fourth-order valence-corrected chi connectivity index (χ4v) is 1.18. The molecule has 0 heterocycles. The molecule has 0 aromatic rings. The van der Waals surface area contributed by atoms with Crippen molar-refractivity contribution in [1.29, 1.82) is 0 Å². The van der Waals surface area contributed by atoms with E-state index < -0.39 is 16.3 Å². The van der Waals surface area contributed by atoms with Crippen LogP contribution in [0.5, 0.6) is 0 Å². The third-order valence-corrected chi connectivity index (χ3v) is 3.64. The van der Waals surface area contributed by atoms with Gasteiger partial charge in [0.05, 0.1) is 5.88 Å². The Morgan fingerprint density at radius 1 is 1.30 bits per heavy atom. The molecule has 0 aliphatic rings. The van der Waals surface area contributed by atoms with Gasteiger partial charge in [0.25, 0.3) is 0 Å². The fraction of sp³-hybridized carbons (Fsp3) is 1.00. The van der Waals surface area contributed by atoms with Gasteiger partial charge in [0.1, 0.15) is 0 Å². The molecular weight excluding hydrogens is 231 g/mol. The van der Waals surface area contributed by atoms with Gasteiger partial charge in [-0.2, -0.15) is 13.2 Å². The minimum atomic E-state index is -4.58. The summed E-state index contributed by atoms with van der Waals surface area (Å²) < 4.78 is 32.8. The van der Waals surface area contributed by atoms with E-state index >= 15 is 0 Å². The van der Waals surface area contributed by atoms with Crippen molar-refractivity contribution in [2.45, 2.75) is 10.4 Å². The van der Waals surface area contributed by atoms with Crippen molar-refractivity contribution in [3.63, 3.8) is 0 Å². The second kappa shape index (κ2) is 3.61. The van der Waals surface area contributed by atoms with Crippen molar-refractivity contribution in [2.75, 3.05) is 5.88 Å². The average Bonchev–Trinajstić information content (AvgIpc) is 1.84. The van der Waals surface area contributed by atoms with Crippen molar-refractivity contribution in [3.05, 3.63) is 0 Å². The van der Waals surface area contributed by atoms with Crippen LogP contribution in [0.2, 0.25) is 0 Å². The zero-order valence-corrected chi connectivity index (χ0v) is 7.47. The molecule has 0 aliphatic heterocycles. The Kier molecular flexibility index (Phi) is 3.97. The van der Waals surface area contributed by atoms with Crippen molar-refractivity contribution < 1.29 is 13.2 Å². The molecule has 1 unspecified atom stereocenters. The molecule has 0 N–H and O–H groups in total. The van der Waals surface area contributed by atoms with Gasteiger partial charge < -0.3 is 0 Å². The van der Waals surface area contributed by atoms with Crippen molar-refractivity contribution in [1.82, 2.24) is 0 Å². The average molecular weight is 233 g/mol. The first-order valence-electron chi connectivity index (χ1n) is 1.99. The van der Waals surface area contributed by atoms with E-state index in [1.54, 1.807) is 0 Å². The van der Waals surface area contributed by atoms with E-state index in [-0.39, 0.29) is 11.0 Å². The van der Waals surface area contributed by atoms with Gasteiger partial charge in [0.2, 0.25) is 4.21 Å². The lowest BCUT2D eigenvalue weighted by molar-refractivity contribution is -0.134. The van der Waals surface area contributed by atoms with E-state index in [2.05, 4.69) is 0 Å². The van der Waals surface area contributed by atoms with Crippen LogP contribution < -0.4 is 0 Å². The van der Waals surface area contributed by atoms with Crippen LogP contribution in [0, 0.1) is 0 Å². The summed E-state index contributed by atoms with van der Waals surface area (Å²) in [6.07, 6.45) is -4.58. The molecule has 0 aliphatic carbocycles. The number of hydrogen-bond donors (Lipinski definition) is 0. The highest BCUT2D eigenvalue weighted by atomic mass is 35.7. The molecule has 0 aromatic carbocycles. The predicted molar refractivity (Wildman–Crippen MR) is 38.8 cm³/mol. The topological polar surface area (TPSA) is 0 Å². The van der Waals surface area contributed by atoms with Crippen LogP contribution in [-0.2, 0) is 0 Å². The summed E-state index contributed by atoms with van der Waals surface area (Å²) in [5.41, 5.74) is 0. The van der Waals surface area contributed by atoms with Gasteiger partial charge in [0.15, 0.2) is 0 Å². The Hall–Kier alpha value is 1.01. The lowest BCUT2D eigenvalue weighted by atomic mass is 10.4. The molecule has 0 aromatic heterocycles. The molecule has 0 spiro atoms. The Balaban J connectivity index is 4.33. The molecule has 0 bridgehead atoms. The lowest BCUT2D eigenvalue weighted by Gasteiger charge is -2.22. The maximum absolute atomic E-state index is 11.8. The summed E-state index contributed by atoms with van der Waals surface area (Å²) in [7, 11) is 4.83. The minimum Gasteiger partial charge on any atom is -0.168 e. The summed E-state index contributed by atoms with van der Waals surface area (Å²) in [5, 5.41) is 0. The molecule has 0 amide bonds. The van der Waals surface area contributed by atoms with E-state index in [1.807, 2.05) is 0 Å². The Labute approximate surface area is 74.5 Å². The molecule has 0 rings (SSSR count). The second-order valence-corrected chi connectivity index (χ2v) is 3.89. The molecule has 1 atom stereocenters. The van der Waals surface area contributed by atoms with E-state index in [1.165, 1.54) is 0 Å². The Morgan fingerprint density at radius 2 is 1.70 bits per heavy atom. The highest BCUT2D eigenvalue weighted by Gasteiger charge is 2.54. The highest BCUT2D eigenvalue weighted by molar-refractivity contribution is 8.23. The Bertz CT molecular complexity index is 110. The van der Waals surface area contributed by atoms with Crippen LogP contribution in [0.15, 0.2) is 0 Å². The van der Waals surface area contributed by atoms with Crippen molar-refractivity contribution in [2.24, 2.45) is 0 Å². The largest absolute Gasteiger partial charge is 0.419 e. The standard InChI is InChI=1S/C3H2Cl3F3S/c4-1-2(5,10-6)3(7,8)9/h1H2.